The molecular weight excluding hydrogens is 174 g/mol. The highest BCUT2D eigenvalue weighted by Crippen LogP contribution is 2.14. The molecule has 0 amide bonds. The van der Waals surface area contributed by atoms with Crippen LogP contribution in [0.4, 0.5) is 5.95 Å². The Labute approximate surface area is 86.2 Å². The third kappa shape index (κ3) is 2.44. The standard InChI is InChI=1S/C11H19N3/c1-8(2)10-6-7-12-11(13-10)14(5)9(3)4/h6-9H,1-5H3. The SMILES string of the molecule is CC(C)c1ccnc(N(C)C(C)C)n1. The first-order valence-electron chi connectivity index (χ1n) is 5.08. The second-order valence-corrected chi connectivity index (χ2v) is 4.14. The zero-order valence-electron chi connectivity index (χ0n) is 9.65. The average Bonchev–Trinajstić information content (AvgIpc) is 2.16. The van der Waals surface area contributed by atoms with Crippen molar-refractivity contribution in [3.05, 3.63) is 18.0 Å². The van der Waals surface area contributed by atoms with E-state index in [1.165, 1.54) is 0 Å². The first-order valence-corrected chi connectivity index (χ1v) is 5.08. The lowest BCUT2D eigenvalue weighted by Crippen LogP contribution is -2.27. The second-order valence-electron chi connectivity index (χ2n) is 4.14. The van der Waals surface area contributed by atoms with Gasteiger partial charge >= 0.3 is 0 Å². The van der Waals surface area contributed by atoms with Crippen molar-refractivity contribution in [3.8, 4) is 0 Å². The van der Waals surface area contributed by atoms with Gasteiger partial charge in [-0.15, -0.1) is 0 Å². The van der Waals surface area contributed by atoms with Crippen LogP contribution in [0.2, 0.25) is 0 Å². The van der Waals surface area contributed by atoms with Gasteiger partial charge in [0.25, 0.3) is 0 Å². The molecule has 0 spiro atoms. The highest BCUT2D eigenvalue weighted by Gasteiger charge is 2.09. The Hall–Kier alpha value is -1.12. The molecule has 0 bridgehead atoms. The van der Waals surface area contributed by atoms with E-state index in [0.717, 1.165) is 11.6 Å². The van der Waals surface area contributed by atoms with E-state index in [-0.39, 0.29) is 0 Å². The summed E-state index contributed by atoms with van der Waals surface area (Å²) in [6.07, 6.45) is 1.83. The summed E-state index contributed by atoms with van der Waals surface area (Å²) in [7, 11) is 2.02. The zero-order valence-corrected chi connectivity index (χ0v) is 9.65. The summed E-state index contributed by atoms with van der Waals surface area (Å²) < 4.78 is 0. The van der Waals surface area contributed by atoms with Gasteiger partial charge in [-0.1, -0.05) is 13.8 Å². The summed E-state index contributed by atoms with van der Waals surface area (Å²) in [5.41, 5.74) is 1.10. The Morgan fingerprint density at radius 1 is 1.21 bits per heavy atom. The molecule has 0 unspecified atom stereocenters. The van der Waals surface area contributed by atoms with Crippen LogP contribution in [-0.2, 0) is 0 Å². The second kappa shape index (κ2) is 4.40. The number of rotatable bonds is 3. The predicted octanol–water partition coefficient (Wildman–Crippen LogP) is 2.44. The molecule has 0 saturated carbocycles. The van der Waals surface area contributed by atoms with Gasteiger partial charge in [0.15, 0.2) is 0 Å². The van der Waals surface area contributed by atoms with Crippen molar-refractivity contribution < 1.29 is 0 Å². The van der Waals surface area contributed by atoms with Crippen LogP contribution in [0.1, 0.15) is 39.3 Å². The van der Waals surface area contributed by atoms with Gasteiger partial charge in [0.1, 0.15) is 0 Å². The van der Waals surface area contributed by atoms with E-state index in [2.05, 4.69) is 42.6 Å². The Bertz CT molecular complexity index is 294. The van der Waals surface area contributed by atoms with E-state index in [0.29, 0.717) is 12.0 Å². The first kappa shape index (κ1) is 11.0. The van der Waals surface area contributed by atoms with Crippen molar-refractivity contribution in [2.75, 3.05) is 11.9 Å². The summed E-state index contributed by atoms with van der Waals surface area (Å²) in [6, 6.07) is 2.40. The molecule has 3 heteroatoms. The summed E-state index contributed by atoms with van der Waals surface area (Å²) in [4.78, 5) is 10.8. The van der Waals surface area contributed by atoms with E-state index >= 15 is 0 Å². The topological polar surface area (TPSA) is 29.0 Å². The minimum atomic E-state index is 0.428. The first-order chi connectivity index (χ1) is 6.52. The third-order valence-corrected chi connectivity index (χ3v) is 2.35. The molecule has 0 aliphatic carbocycles. The van der Waals surface area contributed by atoms with Gasteiger partial charge < -0.3 is 4.90 Å². The fourth-order valence-electron chi connectivity index (χ4n) is 1.08. The molecular formula is C11H19N3. The number of hydrogen-bond donors (Lipinski definition) is 0. The van der Waals surface area contributed by atoms with Crippen LogP contribution in [0, 0.1) is 0 Å². The molecule has 0 atom stereocenters. The highest BCUT2D eigenvalue weighted by atomic mass is 15.2. The molecule has 0 aliphatic heterocycles. The highest BCUT2D eigenvalue weighted by molar-refractivity contribution is 5.30. The quantitative estimate of drug-likeness (QED) is 0.738. The molecule has 0 saturated heterocycles. The fourth-order valence-corrected chi connectivity index (χ4v) is 1.08. The average molecular weight is 193 g/mol. The maximum absolute atomic E-state index is 4.51. The summed E-state index contributed by atoms with van der Waals surface area (Å²) >= 11 is 0. The van der Waals surface area contributed by atoms with Crippen LogP contribution in [0.3, 0.4) is 0 Å². The van der Waals surface area contributed by atoms with Gasteiger partial charge in [0.05, 0.1) is 0 Å². The van der Waals surface area contributed by atoms with Gasteiger partial charge in [-0.25, -0.2) is 9.97 Å². The minimum Gasteiger partial charge on any atom is -0.341 e. The van der Waals surface area contributed by atoms with Crippen LogP contribution < -0.4 is 4.90 Å². The van der Waals surface area contributed by atoms with E-state index in [1.807, 2.05) is 19.3 Å². The smallest absolute Gasteiger partial charge is 0.225 e. The molecule has 0 aromatic carbocycles. The van der Waals surface area contributed by atoms with Crippen molar-refractivity contribution >= 4 is 5.95 Å². The Morgan fingerprint density at radius 2 is 1.86 bits per heavy atom. The molecule has 3 nitrogen and oxygen atoms in total. The Kier molecular flexibility index (Phi) is 3.44. The summed E-state index contributed by atoms with van der Waals surface area (Å²) in [5, 5.41) is 0. The number of aromatic nitrogens is 2. The van der Waals surface area contributed by atoms with E-state index < -0.39 is 0 Å². The lowest BCUT2D eigenvalue weighted by molar-refractivity contribution is 0.716. The summed E-state index contributed by atoms with van der Waals surface area (Å²) in [5.74, 6) is 1.27. The Balaban J connectivity index is 2.93. The molecule has 1 aromatic heterocycles. The number of hydrogen-bond acceptors (Lipinski definition) is 3. The van der Waals surface area contributed by atoms with Crippen LogP contribution in [0.15, 0.2) is 12.3 Å². The zero-order chi connectivity index (χ0) is 10.7. The van der Waals surface area contributed by atoms with Gasteiger partial charge in [0, 0.05) is 25.0 Å². The maximum atomic E-state index is 4.51. The molecule has 1 rings (SSSR count). The van der Waals surface area contributed by atoms with Crippen LogP contribution in [0.5, 0.6) is 0 Å². The van der Waals surface area contributed by atoms with Gasteiger partial charge in [0.2, 0.25) is 5.95 Å². The van der Waals surface area contributed by atoms with Crippen LogP contribution in [0.25, 0.3) is 0 Å². The van der Waals surface area contributed by atoms with Crippen LogP contribution >= 0.6 is 0 Å². The molecule has 14 heavy (non-hydrogen) atoms. The fraction of sp³-hybridized carbons (Fsp3) is 0.636. The van der Waals surface area contributed by atoms with Crippen molar-refractivity contribution in [1.82, 2.24) is 9.97 Å². The molecule has 1 heterocycles. The molecule has 0 fully saturated rings. The van der Waals surface area contributed by atoms with Gasteiger partial charge in [-0.05, 0) is 25.8 Å². The van der Waals surface area contributed by atoms with E-state index in [4.69, 9.17) is 0 Å². The third-order valence-electron chi connectivity index (χ3n) is 2.35. The maximum Gasteiger partial charge on any atom is 0.225 e. The molecule has 0 N–H and O–H groups in total. The normalized spacial score (nSPS) is 11.1. The molecule has 78 valence electrons. The van der Waals surface area contributed by atoms with Crippen molar-refractivity contribution in [2.45, 2.75) is 39.7 Å². The minimum absolute atomic E-state index is 0.428. The van der Waals surface area contributed by atoms with E-state index in [1.54, 1.807) is 0 Å². The summed E-state index contributed by atoms with van der Waals surface area (Å²) in [6.45, 7) is 8.54. The van der Waals surface area contributed by atoms with Crippen molar-refractivity contribution in [3.63, 3.8) is 0 Å². The van der Waals surface area contributed by atoms with Crippen molar-refractivity contribution in [2.24, 2.45) is 0 Å². The monoisotopic (exact) mass is 193 g/mol. The van der Waals surface area contributed by atoms with Gasteiger partial charge in [-0.2, -0.15) is 0 Å². The van der Waals surface area contributed by atoms with Crippen molar-refractivity contribution in [1.29, 1.82) is 0 Å². The lowest BCUT2D eigenvalue weighted by Gasteiger charge is -2.21. The van der Waals surface area contributed by atoms with E-state index in [9.17, 15) is 0 Å². The Morgan fingerprint density at radius 3 is 2.36 bits per heavy atom. The van der Waals surface area contributed by atoms with Crippen LogP contribution in [-0.4, -0.2) is 23.1 Å². The molecule has 1 aromatic rings. The largest absolute Gasteiger partial charge is 0.341 e. The number of anilines is 1. The molecule has 0 radical (unpaired) electrons. The predicted molar refractivity (Wildman–Crippen MR) is 59.7 cm³/mol. The van der Waals surface area contributed by atoms with Gasteiger partial charge in [-0.3, -0.25) is 0 Å². The number of nitrogens with zero attached hydrogens (tertiary/aromatic N) is 3. The lowest BCUT2D eigenvalue weighted by atomic mass is 10.1. The molecule has 0 aliphatic rings.